The summed E-state index contributed by atoms with van der Waals surface area (Å²) in [6.07, 6.45) is 0.406. The van der Waals surface area contributed by atoms with Gasteiger partial charge in [0, 0.05) is 17.7 Å². The maximum atomic E-state index is 12.2. The highest BCUT2D eigenvalue weighted by molar-refractivity contribution is 5.97. The second-order valence-corrected chi connectivity index (χ2v) is 8.35. The van der Waals surface area contributed by atoms with Crippen molar-refractivity contribution in [2.24, 2.45) is 0 Å². The second-order valence-electron chi connectivity index (χ2n) is 8.35. The molecule has 0 heterocycles. The van der Waals surface area contributed by atoms with Crippen LogP contribution in [0.25, 0.3) is 0 Å². The number of benzene rings is 2. The Morgan fingerprint density at radius 2 is 1.55 bits per heavy atom. The number of carbonyl (C=O) groups is 3. The first-order valence-corrected chi connectivity index (χ1v) is 10.4. The van der Waals surface area contributed by atoms with Gasteiger partial charge in [-0.3, -0.25) is 25.2 Å². The van der Waals surface area contributed by atoms with Crippen LogP contribution in [0, 0.1) is 0 Å². The van der Waals surface area contributed by atoms with Gasteiger partial charge in [0.1, 0.15) is 5.75 Å². The van der Waals surface area contributed by atoms with E-state index >= 15 is 0 Å². The Kier molecular flexibility index (Phi) is 8.19. The predicted octanol–water partition coefficient (Wildman–Crippen LogP) is 3.95. The standard InChI is InChI=1S/C24H31N3O4/c1-6-7-21(28)25-19-12-8-17(9-13-19)23(30)27-26-22(29)16(2)31-20-14-10-18(11-15-20)24(3,4)5/h8-16H,6-7H2,1-5H3,(H,25,28)(H,26,29)(H,27,30). The van der Waals surface area contributed by atoms with Crippen LogP contribution >= 0.6 is 0 Å². The normalized spacial score (nSPS) is 11.9. The van der Waals surface area contributed by atoms with E-state index < -0.39 is 17.9 Å². The quantitative estimate of drug-likeness (QED) is 0.585. The van der Waals surface area contributed by atoms with E-state index in [1.54, 1.807) is 31.2 Å². The number of ether oxygens (including phenoxy) is 1. The van der Waals surface area contributed by atoms with Gasteiger partial charge in [-0.15, -0.1) is 0 Å². The summed E-state index contributed by atoms with van der Waals surface area (Å²) in [4.78, 5) is 36.1. The third-order valence-electron chi connectivity index (χ3n) is 4.61. The summed E-state index contributed by atoms with van der Waals surface area (Å²) in [5.74, 6) is -0.449. The summed E-state index contributed by atoms with van der Waals surface area (Å²) in [5, 5.41) is 2.75. The number of anilines is 1. The van der Waals surface area contributed by atoms with E-state index in [0.717, 1.165) is 6.42 Å². The monoisotopic (exact) mass is 425 g/mol. The molecular weight excluding hydrogens is 394 g/mol. The first-order chi connectivity index (χ1) is 14.6. The summed E-state index contributed by atoms with van der Waals surface area (Å²) >= 11 is 0. The Hall–Kier alpha value is -3.35. The second kappa shape index (κ2) is 10.6. The van der Waals surface area contributed by atoms with E-state index in [-0.39, 0.29) is 11.3 Å². The average molecular weight is 426 g/mol. The highest BCUT2D eigenvalue weighted by atomic mass is 16.5. The molecule has 3 N–H and O–H groups in total. The third-order valence-corrected chi connectivity index (χ3v) is 4.61. The van der Waals surface area contributed by atoms with Crippen LogP contribution in [0.1, 0.15) is 63.4 Å². The van der Waals surface area contributed by atoms with E-state index in [1.165, 1.54) is 5.56 Å². The van der Waals surface area contributed by atoms with Crippen molar-refractivity contribution >= 4 is 23.4 Å². The molecule has 2 aromatic carbocycles. The van der Waals surface area contributed by atoms with Gasteiger partial charge in [-0.25, -0.2) is 0 Å². The largest absolute Gasteiger partial charge is 0.481 e. The van der Waals surface area contributed by atoms with Crippen LogP contribution in [0.5, 0.6) is 5.75 Å². The zero-order valence-electron chi connectivity index (χ0n) is 18.7. The summed E-state index contributed by atoms with van der Waals surface area (Å²) < 4.78 is 5.65. The van der Waals surface area contributed by atoms with Gasteiger partial charge >= 0.3 is 0 Å². The Balaban J connectivity index is 1.84. The van der Waals surface area contributed by atoms with Crippen molar-refractivity contribution in [1.82, 2.24) is 10.9 Å². The molecule has 2 aromatic rings. The predicted molar refractivity (Wildman–Crippen MR) is 121 cm³/mol. The molecule has 166 valence electrons. The fourth-order valence-corrected chi connectivity index (χ4v) is 2.74. The van der Waals surface area contributed by atoms with Gasteiger partial charge in [0.15, 0.2) is 6.10 Å². The van der Waals surface area contributed by atoms with Crippen LogP contribution < -0.4 is 20.9 Å². The fraction of sp³-hybridized carbons (Fsp3) is 0.375. The van der Waals surface area contributed by atoms with Crippen LogP contribution in [0.15, 0.2) is 48.5 Å². The average Bonchev–Trinajstić information content (AvgIpc) is 2.72. The van der Waals surface area contributed by atoms with Crippen LogP contribution in [0.2, 0.25) is 0 Å². The van der Waals surface area contributed by atoms with Crippen LogP contribution in [0.3, 0.4) is 0 Å². The molecular formula is C24H31N3O4. The summed E-state index contributed by atoms with van der Waals surface area (Å²) in [5.41, 5.74) is 6.89. The molecule has 0 fully saturated rings. The number of rotatable bonds is 7. The Morgan fingerprint density at radius 1 is 0.935 bits per heavy atom. The van der Waals surface area contributed by atoms with Crippen LogP contribution in [-0.4, -0.2) is 23.8 Å². The van der Waals surface area contributed by atoms with Gasteiger partial charge in [-0.1, -0.05) is 39.8 Å². The smallest absolute Gasteiger partial charge is 0.279 e. The van der Waals surface area contributed by atoms with Gasteiger partial charge in [0.25, 0.3) is 11.8 Å². The van der Waals surface area contributed by atoms with Crippen molar-refractivity contribution in [3.05, 3.63) is 59.7 Å². The van der Waals surface area contributed by atoms with E-state index in [4.69, 9.17) is 4.74 Å². The zero-order chi connectivity index (χ0) is 23.0. The molecule has 0 aromatic heterocycles. The van der Waals surface area contributed by atoms with Crippen LogP contribution in [-0.2, 0) is 15.0 Å². The molecule has 0 saturated carbocycles. The molecule has 31 heavy (non-hydrogen) atoms. The molecule has 3 amide bonds. The van der Waals surface area contributed by atoms with E-state index in [2.05, 4.69) is 36.9 Å². The molecule has 0 radical (unpaired) electrons. The van der Waals surface area contributed by atoms with Crippen molar-refractivity contribution in [2.75, 3.05) is 5.32 Å². The first kappa shape index (κ1) is 23.9. The molecule has 0 aliphatic heterocycles. The van der Waals surface area contributed by atoms with Gasteiger partial charge in [-0.2, -0.15) is 0 Å². The minimum absolute atomic E-state index is 0.0328. The molecule has 0 aliphatic rings. The van der Waals surface area contributed by atoms with Gasteiger partial charge in [0.05, 0.1) is 0 Å². The van der Waals surface area contributed by atoms with Crippen molar-refractivity contribution in [3.63, 3.8) is 0 Å². The SMILES string of the molecule is CCCC(=O)Nc1ccc(C(=O)NNC(=O)C(C)Oc2ccc(C(C)(C)C)cc2)cc1. The van der Waals surface area contributed by atoms with Crippen LogP contribution in [0.4, 0.5) is 5.69 Å². The van der Waals surface area contributed by atoms with Crippen molar-refractivity contribution in [3.8, 4) is 5.75 Å². The van der Waals surface area contributed by atoms with Crippen molar-refractivity contribution in [1.29, 1.82) is 0 Å². The number of amides is 3. The van der Waals surface area contributed by atoms with Crippen molar-refractivity contribution in [2.45, 2.75) is 59.0 Å². The minimum Gasteiger partial charge on any atom is -0.481 e. The van der Waals surface area contributed by atoms with Gasteiger partial charge in [-0.05, 0) is 60.7 Å². The Labute approximate surface area is 183 Å². The van der Waals surface area contributed by atoms with E-state index in [0.29, 0.717) is 23.4 Å². The summed E-state index contributed by atoms with van der Waals surface area (Å²) in [7, 11) is 0. The lowest BCUT2D eigenvalue weighted by atomic mass is 9.87. The maximum absolute atomic E-state index is 12.2. The molecule has 0 spiro atoms. The molecule has 1 unspecified atom stereocenters. The highest BCUT2D eigenvalue weighted by Gasteiger charge is 2.17. The summed E-state index contributed by atoms with van der Waals surface area (Å²) in [6.45, 7) is 9.90. The number of carbonyl (C=O) groups excluding carboxylic acids is 3. The highest BCUT2D eigenvalue weighted by Crippen LogP contribution is 2.24. The van der Waals surface area contributed by atoms with E-state index in [9.17, 15) is 14.4 Å². The summed E-state index contributed by atoms with van der Waals surface area (Å²) in [6, 6.07) is 14.0. The Morgan fingerprint density at radius 3 is 2.10 bits per heavy atom. The molecule has 1 atom stereocenters. The molecule has 2 rings (SSSR count). The van der Waals surface area contributed by atoms with E-state index in [1.807, 2.05) is 31.2 Å². The number of hydrogen-bond donors (Lipinski definition) is 3. The number of hydrazine groups is 1. The Bertz CT molecular complexity index is 900. The molecule has 0 aliphatic carbocycles. The first-order valence-electron chi connectivity index (χ1n) is 10.4. The molecule has 7 heteroatoms. The third kappa shape index (κ3) is 7.44. The molecule has 0 saturated heterocycles. The topological polar surface area (TPSA) is 96.5 Å². The lowest BCUT2D eigenvalue weighted by molar-refractivity contribution is -0.128. The van der Waals surface area contributed by atoms with Gasteiger partial charge < -0.3 is 10.1 Å². The fourth-order valence-electron chi connectivity index (χ4n) is 2.74. The van der Waals surface area contributed by atoms with Gasteiger partial charge in [0.2, 0.25) is 5.91 Å². The molecule has 7 nitrogen and oxygen atoms in total. The number of nitrogens with one attached hydrogen (secondary N) is 3. The maximum Gasteiger partial charge on any atom is 0.279 e. The number of hydrogen-bond acceptors (Lipinski definition) is 4. The molecule has 0 bridgehead atoms. The minimum atomic E-state index is -0.794. The lowest BCUT2D eigenvalue weighted by Crippen LogP contribution is -2.47. The van der Waals surface area contributed by atoms with Crippen molar-refractivity contribution < 1.29 is 19.1 Å². The zero-order valence-corrected chi connectivity index (χ0v) is 18.7. The lowest BCUT2D eigenvalue weighted by Gasteiger charge is -2.20.